The van der Waals surface area contributed by atoms with Crippen LogP contribution in [0.4, 0.5) is 0 Å². The Labute approximate surface area is 145 Å². The van der Waals surface area contributed by atoms with Crippen molar-refractivity contribution in [3.63, 3.8) is 0 Å². The molecule has 0 unspecified atom stereocenters. The number of hydrazine groups is 1. The Morgan fingerprint density at radius 1 is 1.22 bits per heavy atom. The summed E-state index contributed by atoms with van der Waals surface area (Å²) in [5.41, 5.74) is 3.55. The number of nitrogens with one attached hydrogen (secondary N) is 2. The Kier molecular flexibility index (Phi) is 4.28. The van der Waals surface area contributed by atoms with Crippen LogP contribution in [0.3, 0.4) is 0 Å². The van der Waals surface area contributed by atoms with Gasteiger partial charge in [-0.05, 0) is 34.1 Å². The molecule has 6 nitrogen and oxygen atoms in total. The molecule has 0 saturated carbocycles. The Morgan fingerprint density at radius 2 is 1.96 bits per heavy atom. The van der Waals surface area contributed by atoms with Gasteiger partial charge in [-0.1, -0.05) is 18.2 Å². The van der Waals surface area contributed by atoms with Crippen LogP contribution in [0.2, 0.25) is 0 Å². The number of thiophene rings is 1. The van der Waals surface area contributed by atoms with E-state index in [1.165, 1.54) is 6.07 Å². The molecule has 0 aliphatic rings. The zero-order chi connectivity index (χ0) is 16.6. The quantitative estimate of drug-likeness (QED) is 0.645. The number of benzene rings is 1. The van der Waals surface area contributed by atoms with Crippen LogP contribution in [0.15, 0.2) is 50.6 Å². The van der Waals surface area contributed by atoms with E-state index in [0.29, 0.717) is 9.35 Å². The topological polar surface area (TPSA) is 80.2 Å². The summed E-state index contributed by atoms with van der Waals surface area (Å²) in [7, 11) is -1.96. The van der Waals surface area contributed by atoms with Gasteiger partial charge in [0.05, 0.1) is 9.35 Å². The van der Waals surface area contributed by atoms with Crippen molar-refractivity contribution in [2.75, 3.05) is 0 Å². The van der Waals surface area contributed by atoms with Gasteiger partial charge < -0.3 is 4.57 Å². The highest BCUT2D eigenvalue weighted by Crippen LogP contribution is 2.25. The van der Waals surface area contributed by atoms with Crippen LogP contribution in [0.5, 0.6) is 0 Å². The van der Waals surface area contributed by atoms with E-state index in [0.717, 1.165) is 22.2 Å². The fourth-order valence-corrected chi connectivity index (χ4v) is 5.05. The van der Waals surface area contributed by atoms with Gasteiger partial charge in [-0.2, -0.15) is 0 Å². The highest BCUT2D eigenvalue weighted by molar-refractivity contribution is 9.11. The molecule has 0 spiro atoms. The van der Waals surface area contributed by atoms with Crippen LogP contribution in [0.25, 0.3) is 10.9 Å². The highest BCUT2D eigenvalue weighted by atomic mass is 79.9. The lowest BCUT2D eigenvalue weighted by atomic mass is 10.2. The summed E-state index contributed by atoms with van der Waals surface area (Å²) >= 11 is 4.27. The van der Waals surface area contributed by atoms with Crippen LogP contribution >= 0.6 is 27.3 Å². The smallest absolute Gasteiger partial charge is 0.268 e. The fraction of sp³-hybridized carbons (Fsp3) is 0.0714. The van der Waals surface area contributed by atoms with Gasteiger partial charge in [-0.15, -0.1) is 16.2 Å². The highest BCUT2D eigenvalue weighted by Gasteiger charge is 2.19. The van der Waals surface area contributed by atoms with Crippen molar-refractivity contribution < 1.29 is 13.2 Å². The first-order valence-electron chi connectivity index (χ1n) is 6.50. The van der Waals surface area contributed by atoms with Gasteiger partial charge in [-0.25, -0.2) is 8.42 Å². The third kappa shape index (κ3) is 3.18. The van der Waals surface area contributed by atoms with Crippen LogP contribution < -0.4 is 10.3 Å². The number of nitrogens with zero attached hydrogens (tertiary/aromatic N) is 1. The maximum absolute atomic E-state index is 12.3. The number of aromatic nitrogens is 1. The second-order valence-corrected chi connectivity index (χ2v) is 9.16. The summed E-state index contributed by atoms with van der Waals surface area (Å²) < 4.78 is 26.8. The normalized spacial score (nSPS) is 11.7. The van der Waals surface area contributed by atoms with Crippen LogP contribution in [0.1, 0.15) is 10.4 Å². The number of amides is 1. The summed E-state index contributed by atoms with van der Waals surface area (Å²) in [6, 6.07) is 10.5. The fourth-order valence-electron chi connectivity index (χ4n) is 2.20. The molecule has 1 aromatic carbocycles. The van der Waals surface area contributed by atoms with E-state index in [1.807, 2.05) is 35.9 Å². The monoisotopic (exact) mass is 413 g/mol. The number of carbonyl (C=O) groups excluding carboxylic acids is 1. The van der Waals surface area contributed by atoms with Crippen molar-refractivity contribution in [1.82, 2.24) is 14.8 Å². The molecule has 3 aromatic rings. The lowest BCUT2D eigenvalue weighted by molar-refractivity contribution is 0.0946. The van der Waals surface area contributed by atoms with Crippen LogP contribution in [-0.2, 0) is 17.1 Å². The van der Waals surface area contributed by atoms with E-state index in [9.17, 15) is 13.2 Å². The second-order valence-electron chi connectivity index (χ2n) is 4.79. The van der Waals surface area contributed by atoms with E-state index >= 15 is 0 Å². The van der Waals surface area contributed by atoms with Gasteiger partial charge in [0.15, 0.2) is 0 Å². The van der Waals surface area contributed by atoms with E-state index < -0.39 is 15.9 Å². The van der Waals surface area contributed by atoms with Crippen molar-refractivity contribution in [3.8, 4) is 0 Å². The number of sulfonamides is 1. The van der Waals surface area contributed by atoms with Gasteiger partial charge in [0.25, 0.3) is 15.9 Å². The molecule has 0 fully saturated rings. The van der Waals surface area contributed by atoms with E-state index in [1.54, 1.807) is 12.3 Å². The summed E-state index contributed by atoms with van der Waals surface area (Å²) in [6.45, 7) is 0. The van der Waals surface area contributed by atoms with Crippen LogP contribution in [-0.4, -0.2) is 18.9 Å². The number of halogens is 1. The molecule has 120 valence electrons. The molecule has 2 N–H and O–H groups in total. The molecule has 2 aromatic heterocycles. The second kappa shape index (κ2) is 6.08. The predicted molar refractivity (Wildman–Crippen MR) is 92.7 cm³/mol. The molecule has 0 aliphatic carbocycles. The molecular weight excluding hydrogens is 402 g/mol. The maximum atomic E-state index is 12.3. The van der Waals surface area contributed by atoms with E-state index in [4.69, 9.17) is 0 Å². The number of para-hydroxylation sites is 1. The average Bonchev–Trinajstić information content (AvgIpc) is 3.10. The molecule has 23 heavy (non-hydrogen) atoms. The summed E-state index contributed by atoms with van der Waals surface area (Å²) in [5.74, 6) is -0.513. The number of carbonyl (C=O) groups is 1. The number of hydrogen-bond donors (Lipinski definition) is 2. The zero-order valence-electron chi connectivity index (χ0n) is 11.9. The molecule has 0 saturated heterocycles. The van der Waals surface area contributed by atoms with Gasteiger partial charge >= 0.3 is 0 Å². The third-order valence-electron chi connectivity index (χ3n) is 3.25. The van der Waals surface area contributed by atoms with Crippen molar-refractivity contribution in [1.29, 1.82) is 0 Å². The molecular formula is C14H12BrN3O3S2. The Morgan fingerprint density at radius 3 is 2.65 bits per heavy atom. The van der Waals surface area contributed by atoms with Gasteiger partial charge in [0.2, 0.25) is 0 Å². The number of aryl methyl sites for hydroxylation is 1. The Bertz CT molecular complexity index is 992. The first-order valence-corrected chi connectivity index (χ1v) is 9.59. The Balaban J connectivity index is 1.82. The molecule has 1 amide bonds. The molecule has 3 rings (SSSR count). The minimum Gasteiger partial charge on any atom is -0.350 e. The number of rotatable bonds is 4. The first-order chi connectivity index (χ1) is 10.9. The minimum absolute atomic E-state index is 0.114. The van der Waals surface area contributed by atoms with Crippen molar-refractivity contribution >= 4 is 54.1 Å². The van der Waals surface area contributed by atoms with E-state index in [-0.39, 0.29) is 4.21 Å². The van der Waals surface area contributed by atoms with Crippen molar-refractivity contribution in [3.05, 3.63) is 51.9 Å². The van der Waals surface area contributed by atoms with Crippen LogP contribution in [0, 0.1) is 0 Å². The standard InChI is InChI=1S/C14H12BrN3O3S2/c1-18-8-10(9-4-2-3-5-11(9)18)14(19)16-17-23(20,21)13-7-6-12(15)22-13/h2-8,17H,1H3,(H,16,19). The molecule has 0 atom stereocenters. The molecule has 0 aliphatic heterocycles. The van der Waals surface area contributed by atoms with Gasteiger partial charge in [0, 0.05) is 24.1 Å². The molecule has 0 bridgehead atoms. The average molecular weight is 414 g/mol. The Hall–Kier alpha value is -1.68. The lowest BCUT2D eigenvalue weighted by Gasteiger charge is -2.06. The molecule has 2 heterocycles. The van der Waals surface area contributed by atoms with Gasteiger partial charge in [-0.3, -0.25) is 10.2 Å². The minimum atomic E-state index is -3.79. The largest absolute Gasteiger partial charge is 0.350 e. The summed E-state index contributed by atoms with van der Waals surface area (Å²) in [5, 5.41) is 0.755. The SMILES string of the molecule is Cn1cc(C(=O)NNS(=O)(=O)c2ccc(Br)s2)c2ccccc21. The van der Waals surface area contributed by atoms with Crippen molar-refractivity contribution in [2.24, 2.45) is 7.05 Å². The number of hydrogen-bond acceptors (Lipinski definition) is 4. The maximum Gasteiger partial charge on any atom is 0.268 e. The van der Waals surface area contributed by atoms with Gasteiger partial charge in [0.1, 0.15) is 4.21 Å². The predicted octanol–water partition coefficient (Wildman–Crippen LogP) is 2.63. The summed E-state index contributed by atoms with van der Waals surface area (Å²) in [4.78, 5) is 14.4. The molecule has 0 radical (unpaired) electrons. The third-order valence-corrected chi connectivity index (χ3v) is 6.62. The van der Waals surface area contributed by atoms with E-state index in [2.05, 4.69) is 26.2 Å². The summed E-state index contributed by atoms with van der Waals surface area (Å²) in [6.07, 6.45) is 1.66. The van der Waals surface area contributed by atoms with Crippen molar-refractivity contribution in [2.45, 2.75) is 4.21 Å². The first kappa shape index (κ1) is 16.2. The lowest BCUT2D eigenvalue weighted by Crippen LogP contribution is -2.41. The molecule has 9 heteroatoms. The number of fused-ring (bicyclic) bond motifs is 1. The zero-order valence-corrected chi connectivity index (χ0v) is 15.1.